The third kappa shape index (κ3) is 3.49. The van der Waals surface area contributed by atoms with E-state index < -0.39 is 0 Å². The molecular weight excluding hydrogens is 402 g/mol. The molecule has 2 aromatic rings. The second kappa shape index (κ2) is 7.10. The minimum atomic E-state index is 0. The molecule has 0 aliphatic heterocycles. The summed E-state index contributed by atoms with van der Waals surface area (Å²) in [6.07, 6.45) is 3.83. The predicted molar refractivity (Wildman–Crippen MR) is 45.0 cm³/mol. The first-order chi connectivity index (χ1) is 5.97. The van der Waals surface area contributed by atoms with Gasteiger partial charge in [-0.05, 0) is 12.1 Å². The highest BCUT2D eigenvalue weighted by Gasteiger charge is 2.08. The second-order valence-electron chi connectivity index (χ2n) is 2.55. The minimum absolute atomic E-state index is 0. The maximum atomic E-state index is 3.15. The lowest BCUT2D eigenvalue weighted by Gasteiger charge is -1.85. The lowest BCUT2D eigenvalue weighted by atomic mass is 10.2. The smallest absolute Gasteiger partial charge is 0.275 e. The maximum absolute atomic E-state index is 3.15. The van der Waals surface area contributed by atoms with Crippen LogP contribution < -0.4 is 57.9 Å². The molecule has 0 unspecified atom stereocenters. The van der Waals surface area contributed by atoms with Crippen LogP contribution in [0.4, 0.5) is 0 Å². The van der Waals surface area contributed by atoms with Crippen LogP contribution in [-0.2, 0) is 0 Å². The van der Waals surface area contributed by atoms with Crippen LogP contribution in [0.5, 0.6) is 0 Å². The Labute approximate surface area is 117 Å². The summed E-state index contributed by atoms with van der Waals surface area (Å²) >= 11 is 0. The molecule has 0 atom stereocenters. The van der Waals surface area contributed by atoms with Crippen molar-refractivity contribution in [1.29, 1.82) is 0 Å². The van der Waals surface area contributed by atoms with Crippen molar-refractivity contribution in [3.8, 4) is 11.4 Å². The topological polar surface area (TPSA) is 28.3 Å². The molecule has 2 N–H and O–H groups in total. The Morgan fingerprint density at radius 1 is 0.643 bits per heavy atom. The summed E-state index contributed by atoms with van der Waals surface area (Å²) in [5.74, 6) is 0. The number of aromatic nitrogens is 2. The molecule has 0 bridgehead atoms. The Bertz CT molecular complexity index is 314. The highest BCUT2D eigenvalue weighted by Crippen LogP contribution is 2.04. The van der Waals surface area contributed by atoms with E-state index in [0.29, 0.717) is 0 Å². The van der Waals surface area contributed by atoms with E-state index in [4.69, 9.17) is 0 Å². The Morgan fingerprint density at radius 3 is 1.36 bits per heavy atom. The van der Waals surface area contributed by atoms with E-state index in [1.807, 2.05) is 48.8 Å². The van der Waals surface area contributed by atoms with E-state index in [1.165, 1.54) is 0 Å². The molecule has 74 valence electrons. The third-order valence-corrected chi connectivity index (χ3v) is 1.71. The van der Waals surface area contributed by atoms with Gasteiger partial charge in [0.2, 0.25) is 0 Å². The molecule has 0 saturated carbocycles. The van der Waals surface area contributed by atoms with Gasteiger partial charge in [-0.1, -0.05) is 0 Å². The fraction of sp³-hybridized carbons (Fsp3) is 0. The molecule has 0 aliphatic rings. The van der Waals surface area contributed by atoms with Crippen LogP contribution in [-0.4, -0.2) is 0 Å². The zero-order chi connectivity index (χ0) is 8.23. The fourth-order valence-corrected chi connectivity index (χ4v) is 1.12. The zero-order valence-electron chi connectivity index (χ0n) is 7.37. The van der Waals surface area contributed by atoms with Gasteiger partial charge in [0.1, 0.15) is 0 Å². The van der Waals surface area contributed by atoms with Gasteiger partial charge in [-0.3, -0.25) is 0 Å². The average molecular weight is 412 g/mol. The fourth-order valence-electron chi connectivity index (χ4n) is 1.12. The van der Waals surface area contributed by atoms with Crippen molar-refractivity contribution in [3.05, 3.63) is 48.8 Å². The van der Waals surface area contributed by atoms with Crippen molar-refractivity contribution in [1.82, 2.24) is 0 Å². The molecule has 0 fully saturated rings. The summed E-state index contributed by atoms with van der Waals surface area (Å²) in [5.41, 5.74) is 2.19. The van der Waals surface area contributed by atoms with E-state index in [0.717, 1.165) is 11.4 Å². The molecule has 0 aromatic carbocycles. The molecule has 2 nitrogen and oxygen atoms in total. The highest BCUT2D eigenvalue weighted by molar-refractivity contribution is 5.44. The molecule has 0 amide bonds. The highest BCUT2D eigenvalue weighted by atomic mass is 127. The summed E-state index contributed by atoms with van der Waals surface area (Å²) in [7, 11) is 0. The molecule has 0 aliphatic carbocycles. The number of rotatable bonds is 1. The first-order valence-electron chi connectivity index (χ1n) is 3.90. The molecule has 14 heavy (non-hydrogen) atoms. The zero-order valence-corrected chi connectivity index (χ0v) is 11.7. The van der Waals surface area contributed by atoms with Crippen molar-refractivity contribution in [2.45, 2.75) is 0 Å². The standard InChI is InChI=1S/C10H8N2.2HI/c1-3-7-11-9(5-1)10-6-2-4-8-12-10;;/h1-8H;2*1H. The number of H-pyrrole nitrogens is 2. The number of aromatic amines is 2. The lowest BCUT2D eigenvalue weighted by molar-refractivity contribution is -0.402. The summed E-state index contributed by atoms with van der Waals surface area (Å²) in [6.45, 7) is 0. The van der Waals surface area contributed by atoms with Gasteiger partial charge < -0.3 is 48.0 Å². The van der Waals surface area contributed by atoms with Crippen LogP contribution in [0, 0.1) is 0 Å². The lowest BCUT2D eigenvalue weighted by Crippen LogP contribution is -3.00. The number of pyridine rings is 2. The second-order valence-corrected chi connectivity index (χ2v) is 2.55. The Kier molecular flexibility index (Phi) is 6.98. The number of halogens is 2. The SMILES string of the molecule is [I-].[I-].c1ccc(-c2cccc[nH+]2)[nH+]c1. The average Bonchev–Trinajstić information content (AvgIpc) is 2.21. The summed E-state index contributed by atoms with van der Waals surface area (Å²) in [5, 5.41) is 0. The van der Waals surface area contributed by atoms with E-state index in [-0.39, 0.29) is 48.0 Å². The van der Waals surface area contributed by atoms with Gasteiger partial charge in [0.05, 0.1) is 0 Å². The van der Waals surface area contributed by atoms with E-state index in [1.54, 1.807) is 0 Å². The van der Waals surface area contributed by atoms with Crippen LogP contribution in [0.1, 0.15) is 0 Å². The van der Waals surface area contributed by atoms with Gasteiger partial charge in [-0.15, -0.1) is 0 Å². The monoisotopic (exact) mass is 412 g/mol. The van der Waals surface area contributed by atoms with Gasteiger partial charge in [-0.2, -0.15) is 0 Å². The molecule has 0 spiro atoms. The summed E-state index contributed by atoms with van der Waals surface area (Å²) in [4.78, 5) is 6.31. The van der Waals surface area contributed by atoms with Crippen molar-refractivity contribution >= 4 is 0 Å². The predicted octanol–water partition coefficient (Wildman–Crippen LogP) is -5.01. The molecular formula is C10H10I2N2. The van der Waals surface area contributed by atoms with Gasteiger partial charge >= 0.3 is 0 Å². The molecule has 4 heteroatoms. The first kappa shape index (κ1) is 13.8. The van der Waals surface area contributed by atoms with Crippen molar-refractivity contribution in [2.24, 2.45) is 0 Å². The molecule has 2 rings (SSSR count). The molecule has 2 aromatic heterocycles. The Balaban J connectivity index is 0.000000845. The van der Waals surface area contributed by atoms with Gasteiger partial charge in [-0.25, -0.2) is 9.97 Å². The van der Waals surface area contributed by atoms with Crippen LogP contribution in [0.2, 0.25) is 0 Å². The van der Waals surface area contributed by atoms with Crippen LogP contribution in [0.3, 0.4) is 0 Å². The minimum Gasteiger partial charge on any atom is -1.00 e. The van der Waals surface area contributed by atoms with Crippen LogP contribution in [0.15, 0.2) is 48.8 Å². The summed E-state index contributed by atoms with van der Waals surface area (Å²) in [6, 6.07) is 12.0. The van der Waals surface area contributed by atoms with E-state index >= 15 is 0 Å². The van der Waals surface area contributed by atoms with Crippen molar-refractivity contribution < 1.29 is 57.9 Å². The van der Waals surface area contributed by atoms with Crippen molar-refractivity contribution in [2.75, 3.05) is 0 Å². The number of nitrogens with one attached hydrogen (secondary N) is 2. The normalized spacial score (nSPS) is 8.29. The number of hydrogen-bond donors (Lipinski definition) is 0. The quantitative estimate of drug-likeness (QED) is 0.420. The Morgan fingerprint density at radius 2 is 1.07 bits per heavy atom. The van der Waals surface area contributed by atoms with Gasteiger partial charge in [0.15, 0.2) is 12.4 Å². The van der Waals surface area contributed by atoms with Crippen LogP contribution >= 0.6 is 0 Å². The van der Waals surface area contributed by atoms with E-state index in [9.17, 15) is 0 Å². The summed E-state index contributed by atoms with van der Waals surface area (Å²) < 4.78 is 0. The first-order valence-corrected chi connectivity index (χ1v) is 3.90. The van der Waals surface area contributed by atoms with Crippen molar-refractivity contribution in [3.63, 3.8) is 0 Å². The molecule has 0 saturated heterocycles. The van der Waals surface area contributed by atoms with Crippen LogP contribution in [0.25, 0.3) is 11.4 Å². The maximum Gasteiger partial charge on any atom is 0.275 e. The van der Waals surface area contributed by atoms with E-state index in [2.05, 4.69) is 9.97 Å². The largest absolute Gasteiger partial charge is 1.00 e. The van der Waals surface area contributed by atoms with Gasteiger partial charge in [0, 0.05) is 24.3 Å². The Hall–Kier alpha value is -0.240. The third-order valence-electron chi connectivity index (χ3n) is 1.71. The molecule has 0 radical (unpaired) electrons. The number of hydrogen-bond acceptors (Lipinski definition) is 0. The van der Waals surface area contributed by atoms with Gasteiger partial charge in [0.25, 0.3) is 11.4 Å². The molecule has 2 heterocycles.